The van der Waals surface area contributed by atoms with Gasteiger partial charge in [-0.3, -0.25) is 19.5 Å². The van der Waals surface area contributed by atoms with Gasteiger partial charge in [0.2, 0.25) is 5.91 Å². The van der Waals surface area contributed by atoms with Crippen LogP contribution in [0.4, 0.5) is 5.69 Å². The van der Waals surface area contributed by atoms with E-state index in [-0.39, 0.29) is 36.7 Å². The van der Waals surface area contributed by atoms with Gasteiger partial charge in [0.05, 0.1) is 13.7 Å². The number of carbonyl (C=O) groups is 2. The number of piperazine rings is 1. The van der Waals surface area contributed by atoms with Gasteiger partial charge >= 0.3 is 5.97 Å². The highest BCUT2D eigenvalue weighted by Crippen LogP contribution is 2.23. The number of hydrogen-bond donors (Lipinski definition) is 0. The lowest BCUT2D eigenvalue weighted by molar-refractivity contribution is -0.140. The molecule has 2 aliphatic rings. The molecule has 9 heteroatoms. The molecule has 0 aliphatic carbocycles. The molecule has 0 aromatic carbocycles. The molecule has 0 saturated carbocycles. The second-order valence-corrected chi connectivity index (χ2v) is 7.76. The third-order valence-electron chi connectivity index (χ3n) is 5.95. The van der Waals surface area contributed by atoms with E-state index in [1.807, 2.05) is 29.4 Å². The summed E-state index contributed by atoms with van der Waals surface area (Å²) >= 11 is 0. The number of methoxy groups -OCH3 is 1. The molecule has 2 saturated heterocycles. The van der Waals surface area contributed by atoms with Crippen LogP contribution >= 0.6 is 24.8 Å². The molecule has 30 heavy (non-hydrogen) atoms. The summed E-state index contributed by atoms with van der Waals surface area (Å²) in [7, 11) is 1.44. The summed E-state index contributed by atoms with van der Waals surface area (Å²) in [5.41, 5.74) is 1.20. The molecule has 0 radical (unpaired) electrons. The summed E-state index contributed by atoms with van der Waals surface area (Å²) in [6.45, 7) is 5.93. The van der Waals surface area contributed by atoms with E-state index in [1.165, 1.54) is 12.8 Å². The van der Waals surface area contributed by atoms with Gasteiger partial charge < -0.3 is 14.5 Å². The standard InChI is InChI=1S/C21H32N4O3.2ClH/c1-28-21(27)4-2-3-18-7-11-25(12-8-18)20(26)17-23-13-15-24(16-14-23)19-5-9-22-10-6-19;;/h5-6,9-10,18H,2-4,7-8,11-17H2,1H3;2*1H. The molecular weight excluding hydrogens is 427 g/mol. The van der Waals surface area contributed by atoms with Gasteiger partial charge in [-0.05, 0) is 43.7 Å². The third kappa shape index (κ3) is 7.93. The highest BCUT2D eigenvalue weighted by Gasteiger charge is 2.25. The normalized spacial score (nSPS) is 17.6. The van der Waals surface area contributed by atoms with Crippen LogP contribution < -0.4 is 4.90 Å². The van der Waals surface area contributed by atoms with E-state index in [9.17, 15) is 9.59 Å². The molecule has 1 amide bonds. The number of hydrogen-bond acceptors (Lipinski definition) is 6. The number of ether oxygens (including phenoxy) is 1. The van der Waals surface area contributed by atoms with Crippen molar-refractivity contribution in [3.8, 4) is 0 Å². The molecule has 1 aromatic heterocycles. The summed E-state index contributed by atoms with van der Waals surface area (Å²) in [6, 6.07) is 4.08. The van der Waals surface area contributed by atoms with E-state index in [1.54, 1.807) is 0 Å². The Kier molecular flexibility index (Phi) is 12.1. The molecule has 170 valence electrons. The second-order valence-electron chi connectivity index (χ2n) is 7.76. The summed E-state index contributed by atoms with van der Waals surface area (Å²) in [5.74, 6) is 0.750. The molecule has 2 aliphatic heterocycles. The molecule has 2 fully saturated rings. The van der Waals surface area contributed by atoms with Crippen molar-refractivity contribution >= 4 is 42.4 Å². The van der Waals surface area contributed by atoms with Gasteiger partial charge in [-0.15, -0.1) is 24.8 Å². The molecule has 3 rings (SSSR count). The fourth-order valence-electron chi connectivity index (χ4n) is 4.12. The molecule has 1 aromatic rings. The third-order valence-corrected chi connectivity index (χ3v) is 5.95. The smallest absolute Gasteiger partial charge is 0.305 e. The van der Waals surface area contributed by atoms with Gasteiger partial charge in [0.1, 0.15) is 0 Å². The first-order valence-corrected chi connectivity index (χ1v) is 10.4. The van der Waals surface area contributed by atoms with Gasteiger partial charge in [0, 0.05) is 63.8 Å². The largest absolute Gasteiger partial charge is 0.469 e. The Balaban J connectivity index is 0.00000225. The first-order valence-electron chi connectivity index (χ1n) is 10.4. The van der Waals surface area contributed by atoms with Gasteiger partial charge in [0.25, 0.3) is 0 Å². The van der Waals surface area contributed by atoms with Crippen LogP contribution in [-0.4, -0.2) is 79.6 Å². The summed E-state index contributed by atoms with van der Waals surface area (Å²) in [5, 5.41) is 0. The minimum atomic E-state index is -0.128. The first kappa shape index (κ1) is 26.5. The highest BCUT2D eigenvalue weighted by molar-refractivity contribution is 5.85. The Labute approximate surface area is 192 Å². The summed E-state index contributed by atoms with van der Waals surface area (Å²) < 4.78 is 4.69. The van der Waals surface area contributed by atoms with Crippen molar-refractivity contribution < 1.29 is 14.3 Å². The van der Waals surface area contributed by atoms with Crippen LogP contribution in [0.25, 0.3) is 0 Å². The van der Waals surface area contributed by atoms with Gasteiger partial charge in [-0.1, -0.05) is 0 Å². The maximum absolute atomic E-state index is 12.7. The fourth-order valence-corrected chi connectivity index (χ4v) is 4.12. The number of halogens is 2. The number of anilines is 1. The van der Waals surface area contributed by atoms with Crippen LogP contribution in [0.2, 0.25) is 0 Å². The minimum Gasteiger partial charge on any atom is -0.469 e. The van der Waals surface area contributed by atoms with Crippen molar-refractivity contribution in [2.24, 2.45) is 5.92 Å². The van der Waals surface area contributed by atoms with Crippen molar-refractivity contribution in [3.05, 3.63) is 24.5 Å². The Morgan fingerprint density at radius 1 is 1.03 bits per heavy atom. The average molecular weight is 461 g/mol. The van der Waals surface area contributed by atoms with Crippen LogP contribution in [0, 0.1) is 5.92 Å². The zero-order valence-electron chi connectivity index (χ0n) is 17.7. The van der Waals surface area contributed by atoms with Crippen molar-refractivity contribution in [2.45, 2.75) is 32.1 Å². The number of amides is 1. The van der Waals surface area contributed by atoms with Gasteiger partial charge in [-0.2, -0.15) is 0 Å². The molecule has 3 heterocycles. The van der Waals surface area contributed by atoms with Crippen molar-refractivity contribution in [1.29, 1.82) is 0 Å². The Hall–Kier alpha value is -1.57. The van der Waals surface area contributed by atoms with E-state index in [0.29, 0.717) is 18.9 Å². The maximum atomic E-state index is 12.7. The van der Waals surface area contributed by atoms with Crippen molar-refractivity contribution in [1.82, 2.24) is 14.8 Å². The zero-order valence-corrected chi connectivity index (χ0v) is 19.3. The minimum absolute atomic E-state index is 0. The molecule has 0 N–H and O–H groups in total. The summed E-state index contributed by atoms with van der Waals surface area (Å²) in [6.07, 6.45) is 8.17. The SMILES string of the molecule is COC(=O)CCCC1CCN(C(=O)CN2CCN(c3ccncc3)CC2)CC1.Cl.Cl. The predicted octanol–water partition coefficient (Wildman–Crippen LogP) is 2.63. The first-order chi connectivity index (χ1) is 13.7. The number of pyridine rings is 1. The van der Waals surface area contributed by atoms with Gasteiger partial charge in [0.15, 0.2) is 0 Å². The topological polar surface area (TPSA) is 66.0 Å². The van der Waals surface area contributed by atoms with Crippen LogP contribution in [0.1, 0.15) is 32.1 Å². The number of rotatable bonds is 7. The number of esters is 1. The maximum Gasteiger partial charge on any atom is 0.305 e. The van der Waals surface area contributed by atoms with E-state index in [2.05, 4.69) is 19.5 Å². The van der Waals surface area contributed by atoms with E-state index >= 15 is 0 Å². The predicted molar refractivity (Wildman–Crippen MR) is 123 cm³/mol. The number of aromatic nitrogens is 1. The lowest BCUT2D eigenvalue weighted by atomic mass is 9.91. The molecule has 0 bridgehead atoms. The quantitative estimate of drug-likeness (QED) is 0.582. The van der Waals surface area contributed by atoms with Crippen molar-refractivity contribution in [2.75, 3.05) is 57.8 Å². The zero-order chi connectivity index (χ0) is 19.8. The highest BCUT2D eigenvalue weighted by atomic mass is 35.5. The lowest BCUT2D eigenvalue weighted by Gasteiger charge is -2.37. The Morgan fingerprint density at radius 2 is 1.67 bits per heavy atom. The monoisotopic (exact) mass is 460 g/mol. The van der Waals surface area contributed by atoms with Gasteiger partial charge in [-0.25, -0.2) is 0 Å². The van der Waals surface area contributed by atoms with E-state index in [4.69, 9.17) is 0 Å². The van der Waals surface area contributed by atoms with E-state index in [0.717, 1.165) is 65.0 Å². The number of likely N-dealkylation sites (tertiary alicyclic amines) is 1. The van der Waals surface area contributed by atoms with Crippen LogP contribution in [0.15, 0.2) is 24.5 Å². The molecule has 0 spiro atoms. The second kappa shape index (κ2) is 13.7. The van der Waals surface area contributed by atoms with E-state index < -0.39 is 0 Å². The van der Waals surface area contributed by atoms with Crippen LogP contribution in [0.5, 0.6) is 0 Å². The Morgan fingerprint density at radius 3 is 2.27 bits per heavy atom. The van der Waals surface area contributed by atoms with Crippen LogP contribution in [0.3, 0.4) is 0 Å². The lowest BCUT2D eigenvalue weighted by Crippen LogP contribution is -2.51. The summed E-state index contributed by atoms with van der Waals surface area (Å²) in [4.78, 5) is 34.6. The average Bonchev–Trinajstić information content (AvgIpc) is 2.75. The Bertz CT molecular complexity index is 634. The molecular formula is C21H34Cl2N4O3. The fraction of sp³-hybridized carbons (Fsp3) is 0.667. The van der Waals surface area contributed by atoms with Crippen molar-refractivity contribution in [3.63, 3.8) is 0 Å². The van der Waals surface area contributed by atoms with Crippen LogP contribution in [-0.2, 0) is 14.3 Å². The molecule has 7 nitrogen and oxygen atoms in total. The number of nitrogens with zero attached hydrogens (tertiary/aromatic N) is 4. The number of carbonyl (C=O) groups excluding carboxylic acids is 2. The molecule has 0 unspecified atom stereocenters. The molecule has 0 atom stereocenters. The number of piperidine rings is 1.